The molecule has 1 unspecified atom stereocenters. The van der Waals surface area contributed by atoms with Crippen LogP contribution in [0.15, 0.2) is 35.4 Å². The zero-order chi connectivity index (χ0) is 19.0. The maximum atomic E-state index is 13.5. The normalized spacial score (nSPS) is 21.5. The summed E-state index contributed by atoms with van der Waals surface area (Å²) < 4.78 is 43.1. The number of aromatic nitrogens is 2. The fourth-order valence-corrected chi connectivity index (χ4v) is 5.52. The number of imidazole rings is 1. The Morgan fingerprint density at radius 1 is 1.22 bits per heavy atom. The second-order valence-corrected chi connectivity index (χ2v) is 9.84. The van der Waals surface area contributed by atoms with E-state index in [1.54, 1.807) is 0 Å². The van der Waals surface area contributed by atoms with Crippen LogP contribution in [0.5, 0.6) is 0 Å². The summed E-state index contributed by atoms with van der Waals surface area (Å²) in [5, 5.41) is 0. The molecule has 2 aromatic rings. The average molecular weight is 392 g/mol. The first-order valence-corrected chi connectivity index (χ1v) is 11.1. The third kappa shape index (κ3) is 4.09. The summed E-state index contributed by atoms with van der Waals surface area (Å²) in [7, 11) is -3.66. The Kier molecular flexibility index (Phi) is 5.07. The minimum atomic E-state index is -3.66. The average Bonchev–Trinajstić information content (AvgIpc) is 3.41. The van der Waals surface area contributed by atoms with Crippen LogP contribution in [-0.2, 0) is 23.0 Å². The van der Waals surface area contributed by atoms with Gasteiger partial charge >= 0.3 is 0 Å². The van der Waals surface area contributed by atoms with Crippen LogP contribution in [0.4, 0.5) is 4.39 Å². The van der Waals surface area contributed by atoms with Gasteiger partial charge in [0.2, 0.25) is 10.0 Å². The van der Waals surface area contributed by atoms with Crippen molar-refractivity contribution in [3.63, 3.8) is 0 Å². The Morgan fingerprint density at radius 2 is 2.04 bits per heavy atom. The lowest BCUT2D eigenvalue weighted by atomic mass is 9.96. The molecular formula is C20H26FN3O2S. The smallest absolute Gasteiger partial charge is 0.243 e. The van der Waals surface area contributed by atoms with Crippen molar-refractivity contribution < 1.29 is 12.8 Å². The summed E-state index contributed by atoms with van der Waals surface area (Å²) in [5.74, 6) is 1.55. The third-order valence-electron chi connectivity index (χ3n) is 5.66. The van der Waals surface area contributed by atoms with Gasteiger partial charge < -0.3 is 4.57 Å². The van der Waals surface area contributed by atoms with Gasteiger partial charge in [0, 0.05) is 37.9 Å². The molecule has 27 heavy (non-hydrogen) atoms. The fraction of sp³-hybridized carbons (Fsp3) is 0.550. The van der Waals surface area contributed by atoms with Crippen molar-refractivity contribution >= 4 is 10.0 Å². The molecule has 2 heterocycles. The van der Waals surface area contributed by atoms with Crippen LogP contribution in [0.3, 0.4) is 0 Å². The molecule has 0 amide bonds. The van der Waals surface area contributed by atoms with E-state index < -0.39 is 15.8 Å². The van der Waals surface area contributed by atoms with Gasteiger partial charge in [-0.3, -0.25) is 0 Å². The van der Waals surface area contributed by atoms with Gasteiger partial charge in [0.15, 0.2) is 0 Å². The number of halogens is 1. The van der Waals surface area contributed by atoms with Crippen LogP contribution in [-0.4, -0.2) is 35.4 Å². The predicted octanol–water partition coefficient (Wildman–Crippen LogP) is 3.38. The van der Waals surface area contributed by atoms with Crippen molar-refractivity contribution in [1.29, 1.82) is 0 Å². The molecule has 1 saturated carbocycles. The van der Waals surface area contributed by atoms with Crippen molar-refractivity contribution in [2.75, 3.05) is 13.1 Å². The molecule has 1 saturated heterocycles. The molecule has 2 fully saturated rings. The lowest BCUT2D eigenvalue weighted by molar-refractivity contribution is 0.261. The minimum absolute atomic E-state index is 0.0363. The molecule has 1 aliphatic heterocycles. The molecule has 1 aromatic heterocycles. The number of piperidine rings is 1. The molecule has 0 spiro atoms. The second-order valence-electron chi connectivity index (χ2n) is 7.90. The van der Waals surface area contributed by atoms with Gasteiger partial charge in [-0.05, 0) is 62.6 Å². The van der Waals surface area contributed by atoms with E-state index in [0.29, 0.717) is 13.1 Å². The Morgan fingerprint density at radius 3 is 2.78 bits per heavy atom. The van der Waals surface area contributed by atoms with E-state index in [2.05, 4.69) is 16.5 Å². The highest BCUT2D eigenvalue weighted by atomic mass is 32.2. The second kappa shape index (κ2) is 7.36. The van der Waals surface area contributed by atoms with Crippen LogP contribution in [0.25, 0.3) is 0 Å². The van der Waals surface area contributed by atoms with Crippen molar-refractivity contribution in [2.45, 2.75) is 50.5 Å². The number of sulfonamides is 1. The number of hydrogen-bond acceptors (Lipinski definition) is 3. The van der Waals surface area contributed by atoms with Gasteiger partial charge in [0.25, 0.3) is 0 Å². The molecule has 1 aliphatic carbocycles. The van der Waals surface area contributed by atoms with Crippen LogP contribution in [0.2, 0.25) is 0 Å². The van der Waals surface area contributed by atoms with Crippen LogP contribution < -0.4 is 0 Å². The lowest BCUT2D eigenvalue weighted by Gasteiger charge is -2.32. The van der Waals surface area contributed by atoms with E-state index in [9.17, 15) is 12.8 Å². The first kappa shape index (κ1) is 18.6. The van der Waals surface area contributed by atoms with Crippen LogP contribution >= 0.6 is 0 Å². The van der Waals surface area contributed by atoms with Gasteiger partial charge in [-0.25, -0.2) is 17.8 Å². The zero-order valence-electron chi connectivity index (χ0n) is 15.6. The molecule has 7 heteroatoms. The molecule has 5 nitrogen and oxygen atoms in total. The SMILES string of the molecule is Cc1cnc(CC2CCCN(S(=O)(=O)c3cccc(F)c3)C2)n1CC1CC1. The molecule has 2 aliphatic rings. The summed E-state index contributed by atoms with van der Waals surface area (Å²) in [6, 6.07) is 5.28. The first-order chi connectivity index (χ1) is 12.9. The monoisotopic (exact) mass is 391 g/mol. The summed E-state index contributed by atoms with van der Waals surface area (Å²) in [6.07, 6.45) is 7.10. The van der Waals surface area contributed by atoms with E-state index in [1.807, 2.05) is 6.20 Å². The van der Waals surface area contributed by atoms with E-state index >= 15 is 0 Å². The highest BCUT2D eigenvalue weighted by Gasteiger charge is 2.31. The number of nitrogens with zero attached hydrogens (tertiary/aromatic N) is 3. The quantitative estimate of drug-likeness (QED) is 0.759. The summed E-state index contributed by atoms with van der Waals surface area (Å²) in [4.78, 5) is 4.63. The molecule has 1 atom stereocenters. The molecule has 0 bridgehead atoms. The Labute approximate surface area is 160 Å². The largest absolute Gasteiger partial charge is 0.332 e. The number of rotatable bonds is 6. The maximum absolute atomic E-state index is 13.5. The highest BCUT2D eigenvalue weighted by molar-refractivity contribution is 7.89. The highest BCUT2D eigenvalue weighted by Crippen LogP contribution is 2.32. The number of hydrogen-bond donors (Lipinski definition) is 0. The minimum Gasteiger partial charge on any atom is -0.332 e. The molecule has 146 valence electrons. The van der Waals surface area contributed by atoms with E-state index in [0.717, 1.165) is 43.6 Å². The van der Waals surface area contributed by atoms with E-state index in [1.165, 1.54) is 41.0 Å². The van der Waals surface area contributed by atoms with Crippen molar-refractivity contribution in [1.82, 2.24) is 13.9 Å². The Balaban J connectivity index is 1.48. The summed E-state index contributed by atoms with van der Waals surface area (Å²) in [5.41, 5.74) is 1.18. The van der Waals surface area contributed by atoms with Crippen molar-refractivity contribution in [3.05, 3.63) is 47.8 Å². The van der Waals surface area contributed by atoms with Gasteiger partial charge in [0.1, 0.15) is 11.6 Å². The summed E-state index contributed by atoms with van der Waals surface area (Å²) >= 11 is 0. The Hall–Kier alpha value is -1.73. The standard InChI is InChI=1S/C20H26FN3O2S/c1-15-12-22-20(24(15)14-16-7-8-16)10-17-4-3-9-23(13-17)27(25,26)19-6-2-5-18(21)11-19/h2,5-6,11-12,16-17H,3-4,7-10,13-14H2,1H3. The predicted molar refractivity (Wildman–Crippen MR) is 101 cm³/mol. The third-order valence-corrected chi connectivity index (χ3v) is 7.52. The van der Waals surface area contributed by atoms with Gasteiger partial charge in [-0.15, -0.1) is 0 Å². The summed E-state index contributed by atoms with van der Waals surface area (Å²) in [6.45, 7) is 4.07. The first-order valence-electron chi connectivity index (χ1n) is 9.70. The maximum Gasteiger partial charge on any atom is 0.243 e. The fourth-order valence-electron chi connectivity index (χ4n) is 3.93. The number of benzene rings is 1. The topological polar surface area (TPSA) is 55.2 Å². The molecule has 0 radical (unpaired) electrons. The van der Waals surface area contributed by atoms with E-state index in [-0.39, 0.29) is 10.8 Å². The van der Waals surface area contributed by atoms with Crippen LogP contribution in [0.1, 0.15) is 37.2 Å². The van der Waals surface area contributed by atoms with Crippen molar-refractivity contribution in [2.24, 2.45) is 11.8 Å². The molecular weight excluding hydrogens is 365 g/mol. The zero-order valence-corrected chi connectivity index (χ0v) is 16.5. The number of aryl methyl sites for hydroxylation is 1. The van der Waals surface area contributed by atoms with E-state index in [4.69, 9.17) is 0 Å². The molecule has 1 aromatic carbocycles. The molecule has 4 rings (SSSR count). The van der Waals surface area contributed by atoms with Crippen LogP contribution in [0, 0.1) is 24.6 Å². The molecule has 0 N–H and O–H groups in total. The lowest BCUT2D eigenvalue weighted by Crippen LogP contribution is -2.40. The van der Waals surface area contributed by atoms with Gasteiger partial charge in [-0.2, -0.15) is 4.31 Å². The Bertz CT molecular complexity index is 921. The van der Waals surface area contributed by atoms with Gasteiger partial charge in [0.05, 0.1) is 4.90 Å². The van der Waals surface area contributed by atoms with Crippen molar-refractivity contribution in [3.8, 4) is 0 Å². The van der Waals surface area contributed by atoms with Gasteiger partial charge in [-0.1, -0.05) is 6.07 Å².